The molecule has 0 aliphatic heterocycles. The fraction of sp³-hybridized carbons (Fsp3) is 0.381. The highest BCUT2D eigenvalue weighted by Gasteiger charge is 2.13. The minimum Gasteiger partial charge on any atom is -0.314 e. The largest absolute Gasteiger partial charge is 0.314 e. The van der Waals surface area contributed by atoms with Gasteiger partial charge < -0.3 is 4.57 Å². The lowest BCUT2D eigenvalue weighted by molar-refractivity contribution is 0.610. The molecule has 0 saturated heterocycles. The van der Waals surface area contributed by atoms with Gasteiger partial charge in [0.25, 0.3) is 0 Å². The Bertz CT molecular complexity index is 1040. The van der Waals surface area contributed by atoms with Crippen LogP contribution in [-0.4, -0.2) is 40.0 Å². The lowest BCUT2D eigenvalue weighted by atomic mass is 10.2. The minimum absolute atomic E-state index is 0.330. The Morgan fingerprint density at radius 1 is 1.10 bits per heavy atom. The van der Waals surface area contributed by atoms with Gasteiger partial charge in [-0.15, -0.1) is 10.2 Å². The molecular weight excluding hydrogens is 364 g/mol. The maximum Gasteiger partial charge on any atom is 0.221 e. The summed E-state index contributed by atoms with van der Waals surface area (Å²) in [7, 11) is 0. The Morgan fingerprint density at radius 3 is 2.62 bits per heavy atom. The Kier molecular flexibility index (Phi) is 5.50. The predicted octanol–water partition coefficient (Wildman–Crippen LogP) is 3.76. The van der Waals surface area contributed by atoms with Crippen molar-refractivity contribution in [1.29, 1.82) is 0 Å². The summed E-state index contributed by atoms with van der Waals surface area (Å²) in [5.41, 5.74) is 3.14. The first kappa shape index (κ1) is 19.0. The summed E-state index contributed by atoms with van der Waals surface area (Å²) in [6.07, 6.45) is 5.24. The number of hydrogen-bond acceptors (Lipinski definition) is 5. The van der Waals surface area contributed by atoms with Gasteiger partial charge in [-0.05, 0) is 41.5 Å². The van der Waals surface area contributed by atoms with Crippen LogP contribution in [-0.2, 0) is 13.0 Å². The van der Waals surface area contributed by atoms with Crippen LogP contribution in [0.1, 0.15) is 56.7 Å². The second kappa shape index (κ2) is 8.38. The molecule has 4 rings (SSSR count). The summed E-state index contributed by atoms with van der Waals surface area (Å²) in [5, 5.41) is 19.1. The van der Waals surface area contributed by atoms with Gasteiger partial charge in [0, 0.05) is 24.2 Å². The van der Waals surface area contributed by atoms with Crippen LogP contribution in [0.25, 0.3) is 17.2 Å². The topological polar surface area (TPSA) is 90.1 Å². The molecular formula is C21H26N8. The molecule has 0 unspecified atom stereocenters. The van der Waals surface area contributed by atoms with Gasteiger partial charge >= 0.3 is 0 Å². The van der Waals surface area contributed by atoms with E-state index in [1.807, 2.05) is 22.9 Å². The highest BCUT2D eigenvalue weighted by atomic mass is 15.5. The average Bonchev–Trinajstić information content (AvgIpc) is 3.47. The molecule has 0 aliphatic rings. The van der Waals surface area contributed by atoms with Crippen molar-refractivity contribution in [3.8, 4) is 17.2 Å². The van der Waals surface area contributed by atoms with Crippen molar-refractivity contribution in [3.05, 3.63) is 59.8 Å². The molecule has 3 heterocycles. The van der Waals surface area contributed by atoms with E-state index in [0.717, 1.165) is 48.8 Å². The van der Waals surface area contributed by atoms with Gasteiger partial charge in [-0.1, -0.05) is 39.3 Å². The van der Waals surface area contributed by atoms with Gasteiger partial charge in [-0.3, -0.25) is 0 Å². The normalized spacial score (nSPS) is 11.4. The number of benzene rings is 1. The van der Waals surface area contributed by atoms with Crippen LogP contribution in [0.15, 0.2) is 42.6 Å². The number of nitrogens with zero attached hydrogens (tertiary/aromatic N) is 7. The summed E-state index contributed by atoms with van der Waals surface area (Å²) in [4.78, 5) is 4.77. The zero-order valence-electron chi connectivity index (χ0n) is 17.1. The molecule has 150 valence electrons. The SMILES string of the molecule is CCCCc1nc(C(C)C)nn1Cc1ccc(-n2cccc2-c2nn[nH]n2)cc1. The van der Waals surface area contributed by atoms with E-state index in [0.29, 0.717) is 11.7 Å². The van der Waals surface area contributed by atoms with Crippen molar-refractivity contribution in [1.82, 2.24) is 40.0 Å². The molecule has 29 heavy (non-hydrogen) atoms. The fourth-order valence-electron chi connectivity index (χ4n) is 3.28. The molecule has 8 nitrogen and oxygen atoms in total. The maximum atomic E-state index is 4.77. The number of tetrazole rings is 1. The summed E-state index contributed by atoms with van der Waals surface area (Å²) in [6, 6.07) is 12.4. The Balaban J connectivity index is 1.56. The lowest BCUT2D eigenvalue weighted by Crippen LogP contribution is -2.07. The molecule has 0 radical (unpaired) electrons. The third kappa shape index (κ3) is 4.11. The number of nitrogens with one attached hydrogen (secondary N) is 1. The number of rotatable bonds is 8. The summed E-state index contributed by atoms with van der Waals surface area (Å²) in [5.74, 6) is 2.90. The van der Waals surface area contributed by atoms with Gasteiger partial charge in [0.2, 0.25) is 5.82 Å². The Morgan fingerprint density at radius 2 is 1.93 bits per heavy atom. The van der Waals surface area contributed by atoms with Crippen molar-refractivity contribution < 1.29 is 0 Å². The number of aromatic amines is 1. The van der Waals surface area contributed by atoms with Crippen LogP contribution in [0.5, 0.6) is 0 Å². The number of hydrogen-bond donors (Lipinski definition) is 1. The standard InChI is InChI=1S/C21H26N8/c1-4-5-8-19-22-20(15(2)3)25-29(19)14-16-9-11-17(12-10-16)28-13-6-7-18(28)21-23-26-27-24-21/h6-7,9-13,15H,4-5,8,14H2,1-3H3,(H,23,24,26,27). The molecule has 3 aromatic heterocycles. The van der Waals surface area contributed by atoms with Crippen molar-refractivity contribution in [2.75, 3.05) is 0 Å². The van der Waals surface area contributed by atoms with Crippen molar-refractivity contribution in [2.45, 2.75) is 52.5 Å². The third-order valence-electron chi connectivity index (χ3n) is 4.91. The first-order valence-electron chi connectivity index (χ1n) is 10.1. The molecule has 0 saturated carbocycles. The van der Waals surface area contributed by atoms with Gasteiger partial charge in [0.1, 0.15) is 5.82 Å². The van der Waals surface area contributed by atoms with E-state index in [2.05, 4.69) is 70.3 Å². The molecule has 0 fully saturated rings. The van der Waals surface area contributed by atoms with E-state index in [1.165, 1.54) is 5.56 Å². The van der Waals surface area contributed by atoms with E-state index in [4.69, 9.17) is 10.1 Å². The molecule has 0 spiro atoms. The molecule has 4 aromatic rings. The predicted molar refractivity (Wildman–Crippen MR) is 111 cm³/mol. The van der Waals surface area contributed by atoms with E-state index in [9.17, 15) is 0 Å². The molecule has 0 aliphatic carbocycles. The van der Waals surface area contributed by atoms with Crippen molar-refractivity contribution in [2.24, 2.45) is 0 Å². The smallest absolute Gasteiger partial charge is 0.221 e. The van der Waals surface area contributed by atoms with Crippen LogP contribution in [0, 0.1) is 0 Å². The fourth-order valence-corrected chi connectivity index (χ4v) is 3.28. The highest BCUT2D eigenvalue weighted by Crippen LogP contribution is 2.21. The van der Waals surface area contributed by atoms with Crippen LogP contribution in [0.2, 0.25) is 0 Å². The number of H-pyrrole nitrogens is 1. The molecule has 0 amide bonds. The number of aryl methyl sites for hydroxylation is 1. The van der Waals surface area contributed by atoms with E-state index < -0.39 is 0 Å². The lowest BCUT2D eigenvalue weighted by Gasteiger charge is -2.09. The first-order chi connectivity index (χ1) is 14.2. The molecule has 0 bridgehead atoms. The zero-order chi connectivity index (χ0) is 20.2. The van der Waals surface area contributed by atoms with Gasteiger partial charge in [-0.2, -0.15) is 10.3 Å². The van der Waals surface area contributed by atoms with Crippen molar-refractivity contribution in [3.63, 3.8) is 0 Å². The van der Waals surface area contributed by atoms with E-state index in [-0.39, 0.29) is 0 Å². The van der Waals surface area contributed by atoms with E-state index >= 15 is 0 Å². The van der Waals surface area contributed by atoms with Crippen LogP contribution >= 0.6 is 0 Å². The number of unbranched alkanes of at least 4 members (excludes halogenated alkanes) is 1. The first-order valence-corrected chi connectivity index (χ1v) is 10.1. The maximum absolute atomic E-state index is 4.77. The quantitative estimate of drug-likeness (QED) is 0.495. The minimum atomic E-state index is 0.330. The Hall–Kier alpha value is -3.29. The van der Waals surface area contributed by atoms with Gasteiger partial charge in [0.05, 0.1) is 12.2 Å². The zero-order valence-corrected chi connectivity index (χ0v) is 17.1. The second-order valence-electron chi connectivity index (χ2n) is 7.47. The van der Waals surface area contributed by atoms with Crippen molar-refractivity contribution >= 4 is 0 Å². The van der Waals surface area contributed by atoms with E-state index in [1.54, 1.807) is 0 Å². The monoisotopic (exact) mass is 390 g/mol. The highest BCUT2D eigenvalue weighted by molar-refractivity contribution is 5.54. The van der Waals surface area contributed by atoms with Crippen LogP contribution < -0.4 is 0 Å². The average molecular weight is 390 g/mol. The van der Waals surface area contributed by atoms with Crippen LogP contribution in [0.4, 0.5) is 0 Å². The molecule has 8 heteroatoms. The molecule has 1 aromatic carbocycles. The third-order valence-corrected chi connectivity index (χ3v) is 4.91. The number of aromatic nitrogens is 8. The Labute approximate surface area is 170 Å². The van der Waals surface area contributed by atoms with Gasteiger partial charge in [0.15, 0.2) is 5.82 Å². The second-order valence-corrected chi connectivity index (χ2v) is 7.47. The van der Waals surface area contributed by atoms with Crippen LogP contribution in [0.3, 0.4) is 0 Å². The summed E-state index contributed by atoms with van der Waals surface area (Å²) in [6.45, 7) is 7.20. The van der Waals surface area contributed by atoms with Gasteiger partial charge in [-0.25, -0.2) is 9.67 Å². The molecule has 0 atom stereocenters. The summed E-state index contributed by atoms with van der Waals surface area (Å²) < 4.78 is 4.11. The molecule has 1 N–H and O–H groups in total. The summed E-state index contributed by atoms with van der Waals surface area (Å²) >= 11 is 0.